The predicted octanol–water partition coefficient (Wildman–Crippen LogP) is 2.44. The summed E-state index contributed by atoms with van der Waals surface area (Å²) < 4.78 is 0. The molecule has 0 atom stereocenters. The average molecular weight is 253 g/mol. The minimum absolute atomic E-state index is 0.0728. The maximum Gasteiger partial charge on any atom is 0.265 e. The Morgan fingerprint density at radius 2 is 2.06 bits per heavy atom. The highest BCUT2D eigenvalue weighted by Crippen LogP contribution is 2.26. The monoisotopic (exact) mass is 253 g/mol. The Bertz CT molecular complexity index is 410. The molecule has 2 N–H and O–H groups in total. The van der Waals surface area contributed by atoms with E-state index in [0.717, 1.165) is 18.5 Å². The highest BCUT2D eigenvalue weighted by molar-refractivity contribution is 7.17. The van der Waals surface area contributed by atoms with E-state index in [0.29, 0.717) is 16.1 Å². The number of thiazole rings is 1. The highest BCUT2D eigenvalue weighted by atomic mass is 32.1. The molecule has 1 aliphatic rings. The fourth-order valence-corrected chi connectivity index (χ4v) is 3.23. The van der Waals surface area contributed by atoms with Crippen LogP contribution in [0.4, 0.5) is 5.13 Å². The van der Waals surface area contributed by atoms with Crippen LogP contribution in [0.3, 0.4) is 0 Å². The Morgan fingerprint density at radius 3 is 2.59 bits per heavy atom. The Labute approximate surface area is 106 Å². The summed E-state index contributed by atoms with van der Waals surface area (Å²) in [6.07, 6.45) is 5.99. The number of aryl methyl sites for hydroxylation is 1. The van der Waals surface area contributed by atoms with E-state index >= 15 is 0 Å². The average Bonchev–Trinajstić information content (AvgIpc) is 2.68. The molecule has 1 saturated carbocycles. The van der Waals surface area contributed by atoms with Crippen molar-refractivity contribution in [1.29, 1.82) is 0 Å². The number of carbonyl (C=O) groups excluding carboxylic acids is 1. The molecule has 94 valence electrons. The number of rotatable bonds is 2. The van der Waals surface area contributed by atoms with Gasteiger partial charge in [0.2, 0.25) is 0 Å². The molecule has 1 amide bonds. The Balaban J connectivity index is 2.11. The van der Waals surface area contributed by atoms with Crippen LogP contribution in [0.25, 0.3) is 0 Å². The molecule has 4 nitrogen and oxygen atoms in total. The smallest absolute Gasteiger partial charge is 0.265 e. The number of aromatic nitrogens is 1. The second-order valence-corrected chi connectivity index (χ2v) is 5.71. The van der Waals surface area contributed by atoms with Gasteiger partial charge in [0.25, 0.3) is 5.91 Å². The third kappa shape index (κ3) is 2.60. The zero-order valence-corrected chi connectivity index (χ0v) is 11.2. The Morgan fingerprint density at radius 1 is 1.41 bits per heavy atom. The van der Waals surface area contributed by atoms with E-state index in [1.54, 1.807) is 0 Å². The second kappa shape index (κ2) is 5.04. The molecule has 0 unspecified atom stereocenters. The molecule has 1 aliphatic carbocycles. The van der Waals surface area contributed by atoms with Gasteiger partial charge >= 0.3 is 0 Å². The van der Waals surface area contributed by atoms with Gasteiger partial charge in [-0.1, -0.05) is 30.6 Å². The molecule has 0 aromatic carbocycles. The fraction of sp³-hybridized carbons (Fsp3) is 0.667. The van der Waals surface area contributed by atoms with Gasteiger partial charge in [0.15, 0.2) is 5.13 Å². The standard InChI is InChI=1S/C12H19N3OS/c1-8-10(17-12(13)14-8)11(16)15(2)9-6-4-3-5-7-9/h9H,3-7H2,1-2H3,(H2,13,14). The minimum Gasteiger partial charge on any atom is -0.375 e. The van der Waals surface area contributed by atoms with Crippen LogP contribution in [0, 0.1) is 6.92 Å². The normalized spacial score (nSPS) is 17.1. The number of nitrogens with zero attached hydrogens (tertiary/aromatic N) is 2. The maximum absolute atomic E-state index is 12.3. The molecule has 17 heavy (non-hydrogen) atoms. The van der Waals surface area contributed by atoms with E-state index in [4.69, 9.17) is 5.73 Å². The quantitative estimate of drug-likeness (QED) is 0.880. The van der Waals surface area contributed by atoms with Crippen LogP contribution in [0.15, 0.2) is 0 Å². The third-order valence-electron chi connectivity index (χ3n) is 3.45. The van der Waals surface area contributed by atoms with Gasteiger partial charge in [-0.15, -0.1) is 0 Å². The van der Waals surface area contributed by atoms with Gasteiger partial charge in [-0.25, -0.2) is 4.98 Å². The molecule has 0 spiro atoms. The van der Waals surface area contributed by atoms with Crippen molar-refractivity contribution in [3.63, 3.8) is 0 Å². The lowest BCUT2D eigenvalue weighted by Gasteiger charge is -2.30. The number of anilines is 1. The van der Waals surface area contributed by atoms with Gasteiger partial charge in [-0.05, 0) is 19.8 Å². The first-order valence-corrected chi connectivity index (χ1v) is 6.91. The molecule has 1 fully saturated rings. The minimum atomic E-state index is 0.0728. The van der Waals surface area contributed by atoms with Gasteiger partial charge in [0, 0.05) is 13.1 Å². The lowest BCUT2D eigenvalue weighted by atomic mass is 9.94. The number of nitrogens with two attached hydrogens (primary N) is 1. The van der Waals surface area contributed by atoms with Gasteiger partial charge in [-0.2, -0.15) is 0 Å². The first-order valence-electron chi connectivity index (χ1n) is 6.09. The van der Waals surface area contributed by atoms with Crippen molar-refractivity contribution in [2.75, 3.05) is 12.8 Å². The van der Waals surface area contributed by atoms with Crippen molar-refractivity contribution < 1.29 is 4.79 Å². The second-order valence-electron chi connectivity index (χ2n) is 4.67. The van der Waals surface area contributed by atoms with Gasteiger partial charge in [0.1, 0.15) is 4.88 Å². The fourth-order valence-electron chi connectivity index (χ4n) is 2.41. The first kappa shape index (κ1) is 12.4. The highest BCUT2D eigenvalue weighted by Gasteiger charge is 2.25. The molecule has 0 aliphatic heterocycles. The topological polar surface area (TPSA) is 59.2 Å². The summed E-state index contributed by atoms with van der Waals surface area (Å²) in [5, 5.41) is 0.475. The van der Waals surface area contributed by atoms with E-state index < -0.39 is 0 Å². The van der Waals surface area contributed by atoms with Crippen LogP contribution < -0.4 is 5.73 Å². The van der Waals surface area contributed by atoms with Crippen molar-refractivity contribution in [3.8, 4) is 0 Å². The summed E-state index contributed by atoms with van der Waals surface area (Å²) in [5.74, 6) is 0.0728. The van der Waals surface area contributed by atoms with Crippen LogP contribution in [0.2, 0.25) is 0 Å². The first-order chi connectivity index (χ1) is 8.09. The number of amides is 1. The lowest BCUT2D eigenvalue weighted by molar-refractivity contribution is 0.0700. The van der Waals surface area contributed by atoms with Crippen LogP contribution in [-0.4, -0.2) is 28.9 Å². The van der Waals surface area contributed by atoms with Crippen LogP contribution in [-0.2, 0) is 0 Å². The number of nitrogen functional groups attached to an aromatic ring is 1. The molecule has 0 saturated heterocycles. The lowest BCUT2D eigenvalue weighted by Crippen LogP contribution is -2.38. The van der Waals surface area contributed by atoms with E-state index in [2.05, 4.69) is 4.98 Å². The number of hydrogen-bond acceptors (Lipinski definition) is 4. The largest absolute Gasteiger partial charge is 0.375 e. The molecule has 1 aromatic heterocycles. The number of carbonyl (C=O) groups is 1. The Kier molecular flexibility index (Phi) is 3.66. The summed E-state index contributed by atoms with van der Waals surface area (Å²) in [5.41, 5.74) is 6.38. The molecule has 5 heteroatoms. The van der Waals surface area contributed by atoms with E-state index in [1.165, 1.54) is 30.6 Å². The molecule has 1 aromatic rings. The summed E-state index contributed by atoms with van der Waals surface area (Å²) >= 11 is 1.29. The van der Waals surface area contributed by atoms with Gasteiger partial charge in [0.05, 0.1) is 5.69 Å². The van der Waals surface area contributed by atoms with Crippen molar-refractivity contribution in [1.82, 2.24) is 9.88 Å². The van der Waals surface area contributed by atoms with Crippen molar-refractivity contribution in [2.24, 2.45) is 0 Å². The van der Waals surface area contributed by atoms with E-state index in [9.17, 15) is 4.79 Å². The van der Waals surface area contributed by atoms with Crippen LogP contribution >= 0.6 is 11.3 Å². The zero-order chi connectivity index (χ0) is 12.4. The molecular formula is C12H19N3OS. The third-order valence-corrected chi connectivity index (χ3v) is 4.42. The summed E-state index contributed by atoms with van der Waals surface area (Å²) in [7, 11) is 1.90. The zero-order valence-electron chi connectivity index (χ0n) is 10.4. The van der Waals surface area contributed by atoms with Crippen molar-refractivity contribution in [2.45, 2.75) is 45.1 Å². The molecule has 2 rings (SSSR count). The maximum atomic E-state index is 12.3. The van der Waals surface area contributed by atoms with Crippen LogP contribution in [0.5, 0.6) is 0 Å². The van der Waals surface area contributed by atoms with Gasteiger partial charge in [-0.3, -0.25) is 4.79 Å². The number of hydrogen-bond donors (Lipinski definition) is 1. The SMILES string of the molecule is Cc1nc(N)sc1C(=O)N(C)C1CCCCC1. The Hall–Kier alpha value is -1.10. The van der Waals surface area contributed by atoms with E-state index in [1.807, 2.05) is 18.9 Å². The van der Waals surface area contributed by atoms with Crippen molar-refractivity contribution >= 4 is 22.4 Å². The van der Waals surface area contributed by atoms with E-state index in [-0.39, 0.29) is 5.91 Å². The summed E-state index contributed by atoms with van der Waals surface area (Å²) in [4.78, 5) is 19.0. The van der Waals surface area contributed by atoms with Crippen molar-refractivity contribution in [3.05, 3.63) is 10.6 Å². The summed E-state index contributed by atoms with van der Waals surface area (Å²) in [6.45, 7) is 1.84. The summed E-state index contributed by atoms with van der Waals surface area (Å²) in [6, 6.07) is 0.388. The molecule has 1 heterocycles. The van der Waals surface area contributed by atoms with Crippen LogP contribution in [0.1, 0.15) is 47.5 Å². The predicted molar refractivity (Wildman–Crippen MR) is 70.2 cm³/mol. The molecular weight excluding hydrogens is 234 g/mol. The molecule has 0 radical (unpaired) electrons. The van der Waals surface area contributed by atoms with Gasteiger partial charge < -0.3 is 10.6 Å². The molecule has 0 bridgehead atoms.